The molecule has 1 N–H and O–H groups in total. The van der Waals surface area contributed by atoms with Gasteiger partial charge in [-0.15, -0.1) is 0 Å². The van der Waals surface area contributed by atoms with Crippen LogP contribution >= 0.6 is 0 Å². The van der Waals surface area contributed by atoms with Crippen molar-refractivity contribution in [1.29, 1.82) is 0 Å². The first-order valence-electron chi connectivity index (χ1n) is 7.44. The summed E-state index contributed by atoms with van der Waals surface area (Å²) in [5.41, 5.74) is 2.84. The molecular weight excluding hydrogens is 218 g/mol. The summed E-state index contributed by atoms with van der Waals surface area (Å²) in [4.78, 5) is 0. The first-order valence-corrected chi connectivity index (χ1v) is 7.44. The fourth-order valence-electron chi connectivity index (χ4n) is 2.74. The highest BCUT2D eigenvalue weighted by Gasteiger charge is 2.24. The normalized spacial score (nSPS) is 19.6. The Hall–Kier alpha value is -0.820. The quantitative estimate of drug-likeness (QED) is 0.796. The minimum Gasteiger partial charge on any atom is -0.307 e. The summed E-state index contributed by atoms with van der Waals surface area (Å²) in [6.07, 6.45) is 4.24. The van der Waals surface area contributed by atoms with Crippen molar-refractivity contribution in [1.82, 2.24) is 5.32 Å². The zero-order chi connectivity index (χ0) is 13.1. The molecule has 2 unspecified atom stereocenters. The molecule has 1 heteroatoms. The highest BCUT2D eigenvalue weighted by Crippen LogP contribution is 2.30. The van der Waals surface area contributed by atoms with Crippen molar-refractivity contribution in [2.24, 2.45) is 5.92 Å². The van der Waals surface area contributed by atoms with Crippen molar-refractivity contribution < 1.29 is 0 Å². The number of hydrogen-bond acceptors (Lipinski definition) is 1. The predicted octanol–water partition coefficient (Wildman–Crippen LogP) is 4.65. The lowest BCUT2D eigenvalue weighted by atomic mass is 9.80. The fourth-order valence-corrected chi connectivity index (χ4v) is 2.74. The summed E-state index contributed by atoms with van der Waals surface area (Å²) in [5, 5.41) is 3.75. The third kappa shape index (κ3) is 3.14. The molecule has 1 fully saturated rings. The summed E-state index contributed by atoms with van der Waals surface area (Å²) in [6, 6.07) is 10.2. The zero-order valence-electron chi connectivity index (χ0n) is 12.2. The maximum absolute atomic E-state index is 3.75. The van der Waals surface area contributed by atoms with Crippen LogP contribution in [-0.2, 0) is 0 Å². The average Bonchev–Trinajstić information content (AvgIpc) is 2.26. The maximum atomic E-state index is 3.75. The summed E-state index contributed by atoms with van der Waals surface area (Å²) in [5.74, 6) is 1.53. The fraction of sp³-hybridized carbons (Fsp3) is 0.647. The molecule has 1 aromatic rings. The van der Waals surface area contributed by atoms with Gasteiger partial charge in [-0.3, -0.25) is 0 Å². The van der Waals surface area contributed by atoms with Gasteiger partial charge in [-0.1, -0.05) is 44.5 Å². The van der Waals surface area contributed by atoms with Crippen LogP contribution in [0.3, 0.4) is 0 Å². The molecule has 1 aliphatic carbocycles. The second-order valence-corrected chi connectivity index (χ2v) is 6.19. The Morgan fingerprint density at radius 1 is 0.944 bits per heavy atom. The van der Waals surface area contributed by atoms with Crippen molar-refractivity contribution in [2.75, 3.05) is 0 Å². The van der Waals surface area contributed by atoms with E-state index in [2.05, 4.69) is 57.3 Å². The van der Waals surface area contributed by atoms with Gasteiger partial charge in [-0.25, -0.2) is 0 Å². The zero-order valence-corrected chi connectivity index (χ0v) is 12.2. The molecule has 0 heterocycles. The van der Waals surface area contributed by atoms with Gasteiger partial charge < -0.3 is 5.32 Å². The van der Waals surface area contributed by atoms with Gasteiger partial charge in [0.2, 0.25) is 0 Å². The standard InChI is InChI=1S/C17H27N/c1-12(2)15-8-10-17(11-9-15)14(4)18-13(3)16-6-5-7-16/h8-14,16,18H,5-7H2,1-4H3. The van der Waals surface area contributed by atoms with Crippen LogP contribution in [0.1, 0.15) is 70.0 Å². The van der Waals surface area contributed by atoms with E-state index in [0.717, 1.165) is 5.92 Å². The molecule has 0 bridgehead atoms. The van der Waals surface area contributed by atoms with E-state index in [1.165, 1.54) is 30.4 Å². The van der Waals surface area contributed by atoms with Gasteiger partial charge in [0, 0.05) is 12.1 Å². The van der Waals surface area contributed by atoms with Gasteiger partial charge >= 0.3 is 0 Å². The molecule has 1 nitrogen and oxygen atoms in total. The number of nitrogens with one attached hydrogen (secondary N) is 1. The topological polar surface area (TPSA) is 12.0 Å². The molecular formula is C17H27N. The van der Waals surface area contributed by atoms with Crippen molar-refractivity contribution in [3.8, 4) is 0 Å². The van der Waals surface area contributed by atoms with Crippen molar-refractivity contribution in [2.45, 2.75) is 65.0 Å². The molecule has 18 heavy (non-hydrogen) atoms. The third-order valence-corrected chi connectivity index (χ3v) is 4.47. The minimum absolute atomic E-state index is 0.460. The summed E-state index contributed by atoms with van der Waals surface area (Å²) < 4.78 is 0. The Balaban J connectivity index is 1.93. The van der Waals surface area contributed by atoms with Crippen LogP contribution in [0, 0.1) is 5.92 Å². The largest absolute Gasteiger partial charge is 0.307 e. The van der Waals surface area contributed by atoms with Gasteiger partial charge in [0.1, 0.15) is 0 Å². The van der Waals surface area contributed by atoms with E-state index in [1.807, 2.05) is 0 Å². The SMILES string of the molecule is CC(C)c1ccc(C(C)NC(C)C2CCC2)cc1. The van der Waals surface area contributed by atoms with Crippen LogP contribution < -0.4 is 5.32 Å². The predicted molar refractivity (Wildman–Crippen MR) is 78.9 cm³/mol. The van der Waals surface area contributed by atoms with E-state index in [1.54, 1.807) is 0 Å². The molecule has 0 radical (unpaired) electrons. The maximum Gasteiger partial charge on any atom is 0.0294 e. The molecule has 0 saturated heterocycles. The molecule has 2 rings (SSSR count). The summed E-state index contributed by atoms with van der Waals surface area (Å²) in [6.45, 7) is 9.10. The van der Waals surface area contributed by atoms with Crippen LogP contribution in [-0.4, -0.2) is 6.04 Å². The van der Waals surface area contributed by atoms with Crippen molar-refractivity contribution in [3.63, 3.8) is 0 Å². The second-order valence-electron chi connectivity index (χ2n) is 6.19. The van der Waals surface area contributed by atoms with E-state index in [0.29, 0.717) is 18.0 Å². The van der Waals surface area contributed by atoms with Crippen LogP contribution in [0.25, 0.3) is 0 Å². The Morgan fingerprint density at radius 3 is 1.94 bits per heavy atom. The molecule has 0 spiro atoms. The Bertz CT molecular complexity index is 362. The lowest BCUT2D eigenvalue weighted by Gasteiger charge is -2.34. The Kier molecular flexibility index (Phi) is 4.45. The first kappa shape index (κ1) is 13.6. The highest BCUT2D eigenvalue weighted by molar-refractivity contribution is 5.26. The van der Waals surface area contributed by atoms with Crippen molar-refractivity contribution in [3.05, 3.63) is 35.4 Å². The number of hydrogen-bond donors (Lipinski definition) is 1. The smallest absolute Gasteiger partial charge is 0.0294 e. The van der Waals surface area contributed by atoms with Crippen LogP contribution in [0.2, 0.25) is 0 Å². The van der Waals surface area contributed by atoms with Crippen LogP contribution in [0.4, 0.5) is 0 Å². The average molecular weight is 245 g/mol. The van der Waals surface area contributed by atoms with Crippen LogP contribution in [0.5, 0.6) is 0 Å². The van der Waals surface area contributed by atoms with E-state index < -0.39 is 0 Å². The molecule has 1 aliphatic rings. The molecule has 0 amide bonds. The number of rotatable bonds is 5. The highest BCUT2D eigenvalue weighted by atomic mass is 14.9. The Morgan fingerprint density at radius 2 is 1.50 bits per heavy atom. The van der Waals surface area contributed by atoms with Gasteiger partial charge in [0.25, 0.3) is 0 Å². The lowest BCUT2D eigenvalue weighted by molar-refractivity contribution is 0.230. The van der Waals surface area contributed by atoms with E-state index in [-0.39, 0.29) is 0 Å². The Labute approximate surface area is 112 Å². The lowest BCUT2D eigenvalue weighted by Crippen LogP contribution is -2.38. The van der Waals surface area contributed by atoms with Gasteiger partial charge in [0.15, 0.2) is 0 Å². The summed E-state index contributed by atoms with van der Waals surface area (Å²) >= 11 is 0. The van der Waals surface area contributed by atoms with Gasteiger partial charge in [-0.05, 0) is 49.7 Å². The van der Waals surface area contributed by atoms with E-state index in [9.17, 15) is 0 Å². The minimum atomic E-state index is 0.460. The molecule has 0 aromatic heterocycles. The number of benzene rings is 1. The van der Waals surface area contributed by atoms with E-state index in [4.69, 9.17) is 0 Å². The molecule has 1 saturated carbocycles. The van der Waals surface area contributed by atoms with Gasteiger partial charge in [-0.2, -0.15) is 0 Å². The monoisotopic (exact) mass is 245 g/mol. The molecule has 2 atom stereocenters. The van der Waals surface area contributed by atoms with Gasteiger partial charge in [0.05, 0.1) is 0 Å². The first-order chi connectivity index (χ1) is 8.58. The second kappa shape index (κ2) is 5.88. The molecule has 1 aromatic carbocycles. The van der Waals surface area contributed by atoms with Crippen LogP contribution in [0.15, 0.2) is 24.3 Å². The molecule has 0 aliphatic heterocycles. The third-order valence-electron chi connectivity index (χ3n) is 4.47. The van der Waals surface area contributed by atoms with Crippen molar-refractivity contribution >= 4 is 0 Å². The summed E-state index contributed by atoms with van der Waals surface area (Å²) in [7, 11) is 0. The molecule has 100 valence electrons. The van der Waals surface area contributed by atoms with E-state index >= 15 is 0 Å².